The largest absolute Gasteiger partial charge is 0.376 e. The van der Waals surface area contributed by atoms with Crippen molar-refractivity contribution in [2.75, 3.05) is 23.8 Å². The molecular formula is C19H21N5O2. The van der Waals surface area contributed by atoms with E-state index < -0.39 is 0 Å². The zero-order valence-electron chi connectivity index (χ0n) is 14.6. The lowest BCUT2D eigenvalue weighted by Gasteiger charge is -2.13. The van der Waals surface area contributed by atoms with Gasteiger partial charge in [-0.2, -0.15) is 4.98 Å². The summed E-state index contributed by atoms with van der Waals surface area (Å²) in [5.41, 5.74) is 1.85. The van der Waals surface area contributed by atoms with E-state index in [1.807, 2.05) is 49.4 Å². The van der Waals surface area contributed by atoms with Gasteiger partial charge in [0.05, 0.1) is 11.8 Å². The van der Waals surface area contributed by atoms with Gasteiger partial charge in [0.2, 0.25) is 5.95 Å². The Hall–Kier alpha value is -2.93. The van der Waals surface area contributed by atoms with Crippen LogP contribution in [-0.4, -0.2) is 34.4 Å². The van der Waals surface area contributed by atoms with Gasteiger partial charge in [0.25, 0.3) is 0 Å². The highest BCUT2D eigenvalue weighted by atomic mass is 16.5. The van der Waals surface area contributed by atoms with E-state index in [-0.39, 0.29) is 6.10 Å². The highest BCUT2D eigenvalue weighted by molar-refractivity contribution is 5.66. The summed E-state index contributed by atoms with van der Waals surface area (Å²) in [7, 11) is 0. The summed E-state index contributed by atoms with van der Waals surface area (Å²) in [6.45, 7) is 3.37. The Bertz CT molecular complexity index is 859. The van der Waals surface area contributed by atoms with Crippen LogP contribution in [0.3, 0.4) is 0 Å². The van der Waals surface area contributed by atoms with Crippen molar-refractivity contribution in [3.05, 3.63) is 48.2 Å². The Morgan fingerprint density at radius 3 is 2.73 bits per heavy atom. The monoisotopic (exact) mass is 351 g/mol. The number of aryl methyl sites for hydroxylation is 1. The van der Waals surface area contributed by atoms with Crippen LogP contribution >= 0.6 is 0 Å². The molecule has 1 unspecified atom stereocenters. The van der Waals surface area contributed by atoms with Crippen molar-refractivity contribution in [2.45, 2.75) is 25.9 Å². The molecule has 1 fully saturated rings. The molecule has 0 spiro atoms. The number of benzene rings is 1. The van der Waals surface area contributed by atoms with Crippen LogP contribution in [0.15, 0.2) is 47.0 Å². The Labute approximate surface area is 151 Å². The SMILES string of the molecule is Cc1cc(Nc2cc(-c3ccccc3)nc(NCC3CCCO3)n2)no1. The first-order valence-electron chi connectivity index (χ1n) is 8.76. The Morgan fingerprint density at radius 2 is 2.00 bits per heavy atom. The lowest BCUT2D eigenvalue weighted by atomic mass is 10.1. The summed E-state index contributed by atoms with van der Waals surface area (Å²) in [6.07, 6.45) is 2.39. The van der Waals surface area contributed by atoms with Crippen LogP contribution in [0.1, 0.15) is 18.6 Å². The molecule has 26 heavy (non-hydrogen) atoms. The van der Waals surface area contributed by atoms with Crippen molar-refractivity contribution in [2.24, 2.45) is 0 Å². The molecule has 7 nitrogen and oxygen atoms in total. The smallest absolute Gasteiger partial charge is 0.225 e. The van der Waals surface area contributed by atoms with Crippen molar-refractivity contribution >= 4 is 17.6 Å². The molecule has 2 aromatic heterocycles. The number of anilines is 3. The van der Waals surface area contributed by atoms with Gasteiger partial charge in [0, 0.05) is 30.8 Å². The van der Waals surface area contributed by atoms with Gasteiger partial charge < -0.3 is 19.9 Å². The zero-order valence-corrected chi connectivity index (χ0v) is 14.6. The van der Waals surface area contributed by atoms with Gasteiger partial charge in [-0.25, -0.2) is 4.98 Å². The molecule has 3 heterocycles. The van der Waals surface area contributed by atoms with Crippen LogP contribution in [-0.2, 0) is 4.74 Å². The second kappa shape index (κ2) is 7.53. The number of rotatable bonds is 6. The van der Waals surface area contributed by atoms with E-state index in [1.54, 1.807) is 0 Å². The first-order valence-corrected chi connectivity index (χ1v) is 8.76. The van der Waals surface area contributed by atoms with Gasteiger partial charge in [-0.05, 0) is 19.8 Å². The number of hydrogen-bond acceptors (Lipinski definition) is 7. The van der Waals surface area contributed by atoms with Gasteiger partial charge >= 0.3 is 0 Å². The summed E-state index contributed by atoms with van der Waals surface area (Å²) in [4.78, 5) is 9.20. The predicted molar refractivity (Wildman–Crippen MR) is 99.5 cm³/mol. The lowest BCUT2D eigenvalue weighted by Crippen LogP contribution is -2.20. The fourth-order valence-electron chi connectivity index (χ4n) is 2.91. The van der Waals surface area contributed by atoms with Crippen LogP contribution in [0, 0.1) is 6.92 Å². The third-order valence-electron chi connectivity index (χ3n) is 4.19. The molecule has 1 saturated heterocycles. The summed E-state index contributed by atoms with van der Waals surface area (Å²) in [6, 6.07) is 13.7. The average molecular weight is 351 g/mol. The first-order chi connectivity index (χ1) is 12.8. The fourth-order valence-corrected chi connectivity index (χ4v) is 2.91. The van der Waals surface area contributed by atoms with E-state index in [9.17, 15) is 0 Å². The van der Waals surface area contributed by atoms with Crippen molar-refractivity contribution in [1.82, 2.24) is 15.1 Å². The van der Waals surface area contributed by atoms with Gasteiger partial charge in [0.15, 0.2) is 5.82 Å². The Balaban J connectivity index is 1.60. The molecule has 2 N–H and O–H groups in total. The molecule has 0 radical (unpaired) electrons. The summed E-state index contributed by atoms with van der Waals surface area (Å²) >= 11 is 0. The van der Waals surface area contributed by atoms with Gasteiger partial charge in [0.1, 0.15) is 11.6 Å². The first kappa shape index (κ1) is 16.5. The Kier molecular flexibility index (Phi) is 4.79. The van der Waals surface area contributed by atoms with Crippen LogP contribution < -0.4 is 10.6 Å². The van der Waals surface area contributed by atoms with Crippen LogP contribution in [0.5, 0.6) is 0 Å². The molecule has 7 heteroatoms. The molecule has 1 aliphatic heterocycles. The summed E-state index contributed by atoms with van der Waals surface area (Å²) < 4.78 is 10.8. The Morgan fingerprint density at radius 1 is 1.12 bits per heavy atom. The molecule has 134 valence electrons. The second-order valence-electron chi connectivity index (χ2n) is 6.29. The minimum atomic E-state index is 0.216. The maximum atomic E-state index is 5.66. The van der Waals surface area contributed by atoms with Crippen molar-refractivity contribution in [1.29, 1.82) is 0 Å². The van der Waals surface area contributed by atoms with E-state index in [2.05, 4.69) is 25.8 Å². The molecule has 3 aromatic rings. The number of ether oxygens (including phenoxy) is 1. The normalized spacial score (nSPS) is 16.6. The lowest BCUT2D eigenvalue weighted by molar-refractivity contribution is 0.120. The zero-order chi connectivity index (χ0) is 17.8. The van der Waals surface area contributed by atoms with E-state index in [0.29, 0.717) is 24.1 Å². The molecule has 1 aromatic carbocycles. The molecule has 0 bridgehead atoms. The molecule has 1 aliphatic rings. The van der Waals surface area contributed by atoms with Crippen molar-refractivity contribution < 1.29 is 9.26 Å². The van der Waals surface area contributed by atoms with Crippen molar-refractivity contribution in [3.63, 3.8) is 0 Å². The summed E-state index contributed by atoms with van der Waals surface area (Å²) in [5.74, 6) is 2.57. The highest BCUT2D eigenvalue weighted by Gasteiger charge is 2.16. The molecule has 0 amide bonds. The third-order valence-corrected chi connectivity index (χ3v) is 4.19. The summed E-state index contributed by atoms with van der Waals surface area (Å²) in [5, 5.41) is 10.4. The van der Waals surface area contributed by atoms with Gasteiger partial charge in [-0.15, -0.1) is 0 Å². The molecule has 1 atom stereocenters. The quantitative estimate of drug-likeness (QED) is 0.699. The van der Waals surface area contributed by atoms with Gasteiger partial charge in [-0.1, -0.05) is 35.5 Å². The topological polar surface area (TPSA) is 85.1 Å². The number of aromatic nitrogens is 3. The van der Waals surface area contributed by atoms with E-state index in [4.69, 9.17) is 9.26 Å². The van der Waals surface area contributed by atoms with Crippen molar-refractivity contribution in [3.8, 4) is 11.3 Å². The molecule has 4 rings (SSSR count). The number of nitrogens with one attached hydrogen (secondary N) is 2. The second-order valence-corrected chi connectivity index (χ2v) is 6.29. The molecule has 0 aliphatic carbocycles. The third kappa shape index (κ3) is 4.00. The fraction of sp³-hybridized carbons (Fsp3) is 0.316. The minimum absolute atomic E-state index is 0.216. The molecular weight excluding hydrogens is 330 g/mol. The van der Waals surface area contributed by atoms with Crippen LogP contribution in [0.2, 0.25) is 0 Å². The molecule has 0 saturated carbocycles. The highest BCUT2D eigenvalue weighted by Crippen LogP contribution is 2.24. The van der Waals surface area contributed by atoms with Gasteiger partial charge in [-0.3, -0.25) is 0 Å². The van der Waals surface area contributed by atoms with E-state index in [0.717, 1.165) is 36.5 Å². The maximum Gasteiger partial charge on any atom is 0.225 e. The maximum absolute atomic E-state index is 5.66. The van der Waals surface area contributed by atoms with E-state index >= 15 is 0 Å². The predicted octanol–water partition coefficient (Wildman–Crippen LogP) is 3.77. The standard InChI is InChI=1S/C19H21N5O2/c1-13-10-18(24-26-13)22-17-11-16(14-6-3-2-4-7-14)21-19(23-17)20-12-15-8-5-9-25-15/h2-4,6-7,10-11,15H,5,8-9,12H2,1H3,(H2,20,21,22,23,24). The van der Waals surface area contributed by atoms with E-state index in [1.165, 1.54) is 0 Å². The minimum Gasteiger partial charge on any atom is -0.376 e. The van der Waals surface area contributed by atoms with Crippen LogP contribution in [0.4, 0.5) is 17.6 Å². The average Bonchev–Trinajstić information content (AvgIpc) is 3.32. The van der Waals surface area contributed by atoms with Crippen LogP contribution in [0.25, 0.3) is 11.3 Å². The number of hydrogen-bond donors (Lipinski definition) is 2. The number of nitrogens with zero attached hydrogens (tertiary/aromatic N) is 3.